The van der Waals surface area contributed by atoms with Crippen molar-refractivity contribution in [2.45, 2.75) is 12.8 Å². The van der Waals surface area contributed by atoms with Gasteiger partial charge in [-0.15, -0.1) is 0 Å². The van der Waals surface area contributed by atoms with Gasteiger partial charge < -0.3 is 20.3 Å². The van der Waals surface area contributed by atoms with Crippen LogP contribution in [0.2, 0.25) is 0 Å². The van der Waals surface area contributed by atoms with E-state index in [1.165, 1.54) is 4.90 Å². The summed E-state index contributed by atoms with van der Waals surface area (Å²) >= 11 is 0. The minimum absolute atomic E-state index is 0.00975. The van der Waals surface area contributed by atoms with Gasteiger partial charge in [0, 0.05) is 27.2 Å². The normalized spacial score (nSPS) is 19.3. The lowest BCUT2D eigenvalue weighted by molar-refractivity contribution is -0.138. The van der Waals surface area contributed by atoms with Crippen molar-refractivity contribution in [3.8, 4) is 0 Å². The third-order valence-corrected chi connectivity index (χ3v) is 3.03. The number of hydrogen-bond donors (Lipinski definition) is 2. The molecule has 1 saturated heterocycles. The number of likely N-dealkylation sites (N-methyl/N-ethyl adjacent to an activating group) is 1. The number of methoxy groups -OCH3 is 1. The van der Waals surface area contributed by atoms with Gasteiger partial charge in [-0.25, -0.2) is 0 Å². The molecule has 0 bridgehead atoms. The maximum atomic E-state index is 12.0. The van der Waals surface area contributed by atoms with E-state index < -0.39 is 0 Å². The molecular formula is C12H23N3O3. The van der Waals surface area contributed by atoms with Crippen LogP contribution >= 0.6 is 0 Å². The molecule has 1 unspecified atom stereocenters. The van der Waals surface area contributed by atoms with Crippen LogP contribution in [0.5, 0.6) is 0 Å². The van der Waals surface area contributed by atoms with Crippen LogP contribution in [0.25, 0.3) is 0 Å². The number of piperidine rings is 1. The fourth-order valence-electron chi connectivity index (χ4n) is 2.02. The molecule has 0 saturated carbocycles. The van der Waals surface area contributed by atoms with Crippen LogP contribution in [0.1, 0.15) is 12.8 Å². The van der Waals surface area contributed by atoms with Crippen LogP contribution in [-0.4, -0.2) is 63.7 Å². The van der Waals surface area contributed by atoms with Crippen LogP contribution in [0.15, 0.2) is 0 Å². The Bertz CT molecular complexity index is 278. The molecule has 0 aliphatic carbocycles. The van der Waals surface area contributed by atoms with E-state index in [1.54, 1.807) is 14.2 Å². The highest BCUT2D eigenvalue weighted by Crippen LogP contribution is 2.12. The summed E-state index contributed by atoms with van der Waals surface area (Å²) in [7, 11) is 3.25. The topological polar surface area (TPSA) is 70.7 Å². The fraction of sp³-hybridized carbons (Fsp3) is 0.833. The van der Waals surface area contributed by atoms with Crippen LogP contribution in [0.3, 0.4) is 0 Å². The van der Waals surface area contributed by atoms with Gasteiger partial charge in [0.2, 0.25) is 11.8 Å². The fourth-order valence-corrected chi connectivity index (χ4v) is 2.02. The van der Waals surface area contributed by atoms with Crippen LogP contribution in [0, 0.1) is 5.92 Å². The maximum absolute atomic E-state index is 12.0. The van der Waals surface area contributed by atoms with Crippen molar-refractivity contribution in [2.75, 3.05) is 46.9 Å². The summed E-state index contributed by atoms with van der Waals surface area (Å²) < 4.78 is 4.84. The van der Waals surface area contributed by atoms with Crippen LogP contribution in [0.4, 0.5) is 0 Å². The lowest BCUT2D eigenvalue weighted by Crippen LogP contribution is -2.45. The molecule has 0 spiro atoms. The number of nitrogens with one attached hydrogen (secondary N) is 2. The SMILES string of the molecule is COCCNC(=O)CN(C)C(=O)C1CCCNC1. The zero-order chi connectivity index (χ0) is 13.4. The molecule has 0 radical (unpaired) electrons. The Morgan fingerprint density at radius 3 is 2.89 bits per heavy atom. The first-order valence-corrected chi connectivity index (χ1v) is 6.36. The highest BCUT2D eigenvalue weighted by atomic mass is 16.5. The van der Waals surface area contributed by atoms with Crippen molar-refractivity contribution in [3.05, 3.63) is 0 Å². The molecule has 1 heterocycles. The first-order valence-electron chi connectivity index (χ1n) is 6.36. The molecule has 2 amide bonds. The van der Waals surface area contributed by atoms with Gasteiger partial charge in [-0.2, -0.15) is 0 Å². The Labute approximate surface area is 108 Å². The Balaban J connectivity index is 2.27. The van der Waals surface area contributed by atoms with Gasteiger partial charge in [0.05, 0.1) is 19.1 Å². The average molecular weight is 257 g/mol. The third-order valence-electron chi connectivity index (χ3n) is 3.03. The summed E-state index contributed by atoms with van der Waals surface area (Å²) in [5, 5.41) is 5.90. The minimum atomic E-state index is -0.147. The molecular weight excluding hydrogens is 234 g/mol. The van der Waals surface area contributed by atoms with Gasteiger partial charge in [0.15, 0.2) is 0 Å². The highest BCUT2D eigenvalue weighted by Gasteiger charge is 2.24. The molecule has 6 heteroatoms. The molecule has 18 heavy (non-hydrogen) atoms. The van der Waals surface area contributed by atoms with Crippen molar-refractivity contribution in [3.63, 3.8) is 0 Å². The number of carbonyl (C=O) groups excluding carboxylic acids is 2. The third kappa shape index (κ3) is 5.01. The number of hydrogen-bond acceptors (Lipinski definition) is 4. The monoisotopic (exact) mass is 257 g/mol. The second kappa shape index (κ2) is 8.05. The molecule has 1 fully saturated rings. The summed E-state index contributed by atoms with van der Waals surface area (Å²) in [6.45, 7) is 2.76. The van der Waals surface area contributed by atoms with Gasteiger partial charge in [-0.1, -0.05) is 0 Å². The number of ether oxygens (including phenoxy) is 1. The lowest BCUT2D eigenvalue weighted by atomic mass is 9.98. The summed E-state index contributed by atoms with van der Waals surface area (Å²) in [6, 6.07) is 0. The van der Waals surface area contributed by atoms with E-state index in [1.807, 2.05) is 0 Å². The van der Waals surface area contributed by atoms with Gasteiger partial charge in [-0.3, -0.25) is 9.59 Å². The van der Waals surface area contributed by atoms with Crippen molar-refractivity contribution in [1.29, 1.82) is 0 Å². The smallest absolute Gasteiger partial charge is 0.239 e. The number of rotatable bonds is 6. The van der Waals surface area contributed by atoms with E-state index in [4.69, 9.17) is 4.74 Å². The average Bonchev–Trinajstić information content (AvgIpc) is 2.39. The summed E-state index contributed by atoms with van der Waals surface area (Å²) in [5.74, 6) is -0.0914. The molecule has 1 rings (SSSR count). The zero-order valence-corrected chi connectivity index (χ0v) is 11.2. The second-order valence-electron chi connectivity index (χ2n) is 4.58. The minimum Gasteiger partial charge on any atom is -0.383 e. The van der Waals surface area contributed by atoms with Crippen LogP contribution < -0.4 is 10.6 Å². The van der Waals surface area contributed by atoms with E-state index in [0.717, 1.165) is 19.4 Å². The number of carbonyl (C=O) groups is 2. The molecule has 1 atom stereocenters. The van der Waals surface area contributed by atoms with Crippen molar-refractivity contribution in [2.24, 2.45) is 5.92 Å². The second-order valence-corrected chi connectivity index (χ2v) is 4.58. The molecule has 0 aromatic carbocycles. The Morgan fingerprint density at radius 2 is 2.28 bits per heavy atom. The predicted molar refractivity (Wildman–Crippen MR) is 68.1 cm³/mol. The largest absolute Gasteiger partial charge is 0.383 e. The summed E-state index contributed by atoms with van der Waals surface area (Å²) in [4.78, 5) is 25.1. The van der Waals surface area contributed by atoms with E-state index in [-0.39, 0.29) is 24.3 Å². The Hall–Kier alpha value is -1.14. The van der Waals surface area contributed by atoms with Gasteiger partial charge in [-0.05, 0) is 19.4 Å². The molecule has 6 nitrogen and oxygen atoms in total. The molecule has 104 valence electrons. The standard InChI is InChI=1S/C12H23N3O3/c1-15(9-11(16)14-6-7-18-2)12(17)10-4-3-5-13-8-10/h10,13H,3-9H2,1-2H3,(H,14,16). The van der Waals surface area contributed by atoms with Gasteiger partial charge in [0.25, 0.3) is 0 Å². The number of nitrogens with zero attached hydrogens (tertiary/aromatic N) is 1. The molecule has 0 aromatic heterocycles. The Kier molecular flexibility index (Phi) is 6.67. The van der Waals surface area contributed by atoms with E-state index in [9.17, 15) is 9.59 Å². The maximum Gasteiger partial charge on any atom is 0.239 e. The van der Waals surface area contributed by atoms with E-state index in [0.29, 0.717) is 19.7 Å². The highest BCUT2D eigenvalue weighted by molar-refractivity contribution is 5.85. The molecule has 0 aromatic rings. The molecule has 1 aliphatic rings. The van der Waals surface area contributed by atoms with Gasteiger partial charge in [0.1, 0.15) is 0 Å². The predicted octanol–water partition coefficient (Wildman–Crippen LogP) is -0.793. The van der Waals surface area contributed by atoms with Crippen molar-refractivity contribution < 1.29 is 14.3 Å². The van der Waals surface area contributed by atoms with Gasteiger partial charge >= 0.3 is 0 Å². The van der Waals surface area contributed by atoms with E-state index in [2.05, 4.69) is 10.6 Å². The van der Waals surface area contributed by atoms with Crippen molar-refractivity contribution >= 4 is 11.8 Å². The Morgan fingerprint density at radius 1 is 1.50 bits per heavy atom. The number of amides is 2. The van der Waals surface area contributed by atoms with E-state index >= 15 is 0 Å². The molecule has 2 N–H and O–H groups in total. The summed E-state index contributed by atoms with van der Waals surface area (Å²) in [6.07, 6.45) is 1.92. The first-order chi connectivity index (χ1) is 8.65. The lowest BCUT2D eigenvalue weighted by Gasteiger charge is -2.26. The zero-order valence-electron chi connectivity index (χ0n) is 11.2. The first kappa shape index (κ1) is 14.9. The van der Waals surface area contributed by atoms with Crippen molar-refractivity contribution in [1.82, 2.24) is 15.5 Å². The van der Waals surface area contributed by atoms with Crippen LogP contribution in [-0.2, 0) is 14.3 Å². The summed E-state index contributed by atoms with van der Waals surface area (Å²) in [5.41, 5.74) is 0. The quantitative estimate of drug-likeness (QED) is 0.612. The molecule has 1 aliphatic heterocycles.